The normalized spacial score (nSPS) is 19.4. The van der Waals surface area contributed by atoms with E-state index in [-0.39, 0.29) is 11.7 Å². The van der Waals surface area contributed by atoms with E-state index in [4.69, 9.17) is 8.85 Å². The largest absolute Gasteiger partial charge is 0.497 e. The highest BCUT2D eigenvalue weighted by Crippen LogP contribution is 2.27. The maximum Gasteiger partial charge on any atom is 0.252 e. The maximum atomic E-state index is 11.7. The summed E-state index contributed by atoms with van der Waals surface area (Å²) in [6.07, 6.45) is 0. The first-order chi connectivity index (χ1) is 7.96. The Balaban J connectivity index is 2.32. The number of rotatable bonds is 1. The van der Waals surface area contributed by atoms with E-state index in [0.717, 1.165) is 10.6 Å². The van der Waals surface area contributed by atoms with Crippen molar-refractivity contribution in [3.8, 4) is 5.75 Å². The molecule has 0 bridgehead atoms. The molecule has 0 saturated heterocycles. The van der Waals surface area contributed by atoms with Gasteiger partial charge in [-0.1, -0.05) is 0 Å². The minimum Gasteiger partial charge on any atom is -0.497 e. The van der Waals surface area contributed by atoms with Gasteiger partial charge in [-0.3, -0.25) is 4.79 Å². The van der Waals surface area contributed by atoms with E-state index in [1.165, 1.54) is 6.07 Å². The van der Waals surface area contributed by atoms with Gasteiger partial charge in [0.05, 0.1) is 16.7 Å². The zero-order valence-electron chi connectivity index (χ0n) is 10.4. The van der Waals surface area contributed by atoms with Crippen LogP contribution in [-0.4, -0.2) is 25.2 Å². The lowest BCUT2D eigenvalue weighted by molar-refractivity contribution is 0.0954. The molecule has 3 nitrogen and oxygen atoms in total. The van der Waals surface area contributed by atoms with Gasteiger partial charge in [0.15, 0.2) is 0 Å². The Morgan fingerprint density at radius 2 is 2.57 bits per heavy atom. The van der Waals surface area contributed by atoms with Crippen LogP contribution >= 0.6 is 11.8 Å². The molecule has 1 aromatic rings. The third-order valence-corrected chi connectivity index (χ3v) is 3.03. The van der Waals surface area contributed by atoms with E-state index in [9.17, 15) is 4.79 Å². The van der Waals surface area contributed by atoms with Crippen LogP contribution in [0.2, 0.25) is 0 Å². The van der Waals surface area contributed by atoms with E-state index < -0.39 is 7.04 Å². The molecule has 14 heavy (non-hydrogen) atoms. The van der Waals surface area contributed by atoms with Gasteiger partial charge >= 0.3 is 0 Å². The quantitative estimate of drug-likeness (QED) is 0.767. The van der Waals surface area contributed by atoms with Crippen molar-refractivity contribution in [3.63, 3.8) is 0 Å². The summed E-state index contributed by atoms with van der Waals surface area (Å²) in [6, 6.07) is 4.75. The van der Waals surface area contributed by atoms with Crippen molar-refractivity contribution in [3.05, 3.63) is 23.8 Å². The predicted molar refractivity (Wildman–Crippen MR) is 56.1 cm³/mol. The van der Waals surface area contributed by atoms with Gasteiger partial charge in [-0.05, 0) is 18.2 Å². The monoisotopic (exact) mass is 212 g/mol. The van der Waals surface area contributed by atoms with Gasteiger partial charge in [0, 0.05) is 17.2 Å². The number of ether oxygens (including phenoxy) is 1. The molecule has 0 unspecified atom stereocenters. The van der Waals surface area contributed by atoms with Gasteiger partial charge < -0.3 is 10.1 Å². The standard InChI is InChI=1S/C10H11NO2S/c1-13-7-2-3-9-8(6-7)10(12)11-4-5-14-9/h2-3,6H,4-5H2,1H3,(H,11,12)/i1D3. The van der Waals surface area contributed by atoms with Crippen molar-refractivity contribution in [1.29, 1.82) is 0 Å². The van der Waals surface area contributed by atoms with Crippen LogP contribution in [0, 0.1) is 0 Å². The van der Waals surface area contributed by atoms with E-state index in [1.807, 2.05) is 0 Å². The number of amides is 1. The van der Waals surface area contributed by atoms with Gasteiger partial charge in [0.1, 0.15) is 5.75 Å². The van der Waals surface area contributed by atoms with Crippen molar-refractivity contribution < 1.29 is 13.6 Å². The van der Waals surface area contributed by atoms with E-state index >= 15 is 0 Å². The first-order valence-electron chi connectivity index (χ1n) is 5.70. The molecule has 4 heteroatoms. The van der Waals surface area contributed by atoms with Crippen LogP contribution in [0.1, 0.15) is 14.5 Å². The van der Waals surface area contributed by atoms with E-state index in [1.54, 1.807) is 23.9 Å². The molecule has 0 saturated carbocycles. The lowest BCUT2D eigenvalue weighted by atomic mass is 10.2. The van der Waals surface area contributed by atoms with Crippen molar-refractivity contribution in [2.45, 2.75) is 4.90 Å². The van der Waals surface area contributed by atoms with Crippen molar-refractivity contribution >= 4 is 17.7 Å². The summed E-state index contributed by atoms with van der Waals surface area (Å²) in [5.74, 6) is 0.792. The summed E-state index contributed by atoms with van der Waals surface area (Å²) in [4.78, 5) is 12.5. The average molecular weight is 212 g/mol. The molecular formula is C10H11NO2S. The number of benzene rings is 1. The smallest absolute Gasteiger partial charge is 0.252 e. The predicted octanol–water partition coefficient (Wildman–Crippen LogP) is 1.53. The highest BCUT2D eigenvalue weighted by molar-refractivity contribution is 7.99. The molecule has 0 aliphatic carbocycles. The maximum absolute atomic E-state index is 11.7. The molecule has 1 N–H and O–H groups in total. The first kappa shape index (κ1) is 6.35. The Morgan fingerprint density at radius 3 is 3.43 bits per heavy atom. The van der Waals surface area contributed by atoms with Crippen LogP contribution in [0.4, 0.5) is 0 Å². The second kappa shape index (κ2) is 3.92. The number of nitrogens with one attached hydrogen (secondary N) is 1. The number of thioether (sulfide) groups is 1. The first-order valence-corrected chi connectivity index (χ1v) is 5.18. The molecule has 0 radical (unpaired) electrons. The lowest BCUT2D eigenvalue weighted by Gasteiger charge is -2.05. The molecule has 1 aromatic carbocycles. The molecule has 0 aromatic heterocycles. The van der Waals surface area contributed by atoms with Crippen LogP contribution in [0.15, 0.2) is 23.1 Å². The summed E-state index contributed by atoms with van der Waals surface area (Å²) in [6.45, 7) is 0.605. The van der Waals surface area contributed by atoms with E-state index in [2.05, 4.69) is 5.32 Å². The third kappa shape index (κ3) is 1.70. The van der Waals surface area contributed by atoms with Crippen LogP contribution < -0.4 is 10.1 Å². The molecule has 0 fully saturated rings. The molecule has 1 aliphatic rings. The Bertz CT molecular complexity index is 448. The van der Waals surface area contributed by atoms with Crippen LogP contribution in [0.3, 0.4) is 0 Å². The zero-order chi connectivity index (χ0) is 12.5. The Morgan fingerprint density at radius 1 is 1.64 bits per heavy atom. The van der Waals surface area contributed by atoms with Gasteiger partial charge in [0.25, 0.3) is 5.91 Å². The molecule has 0 atom stereocenters. The SMILES string of the molecule is [2H]C([2H])([2H])Oc1ccc2c(c1)C(=O)NCCS2. The summed E-state index contributed by atoms with van der Waals surface area (Å²) in [5.41, 5.74) is 0.467. The fraction of sp³-hybridized carbons (Fsp3) is 0.300. The molecule has 1 amide bonds. The number of methoxy groups -OCH3 is 1. The highest BCUT2D eigenvalue weighted by atomic mass is 32.2. The molecule has 0 spiro atoms. The number of hydrogen-bond acceptors (Lipinski definition) is 3. The van der Waals surface area contributed by atoms with Crippen LogP contribution in [-0.2, 0) is 0 Å². The Labute approximate surface area is 91.0 Å². The number of fused-ring (bicyclic) bond motifs is 1. The number of carbonyl (C=O) groups excluding carboxylic acids is 1. The second-order valence-electron chi connectivity index (χ2n) is 2.86. The Kier molecular flexibility index (Phi) is 1.78. The lowest BCUT2D eigenvalue weighted by Crippen LogP contribution is -2.23. The fourth-order valence-corrected chi connectivity index (χ4v) is 2.19. The number of hydrogen-bond donors (Lipinski definition) is 1. The summed E-state index contributed by atoms with van der Waals surface area (Å²) < 4.78 is 25.8. The average Bonchev–Trinajstić information content (AvgIpc) is 2.39. The highest BCUT2D eigenvalue weighted by Gasteiger charge is 2.15. The van der Waals surface area contributed by atoms with Gasteiger partial charge in [-0.25, -0.2) is 0 Å². The van der Waals surface area contributed by atoms with Crippen LogP contribution in [0.5, 0.6) is 5.75 Å². The fourth-order valence-electron chi connectivity index (χ4n) is 1.30. The molecule has 1 aliphatic heterocycles. The van der Waals surface area contributed by atoms with Crippen molar-refractivity contribution in [1.82, 2.24) is 5.32 Å². The zero-order valence-corrected chi connectivity index (χ0v) is 8.19. The second-order valence-corrected chi connectivity index (χ2v) is 4.00. The topological polar surface area (TPSA) is 38.3 Å². The van der Waals surface area contributed by atoms with Crippen molar-refractivity contribution in [2.24, 2.45) is 0 Å². The minimum absolute atomic E-state index is 0.182. The summed E-state index contributed by atoms with van der Waals surface area (Å²) in [5, 5.41) is 2.73. The van der Waals surface area contributed by atoms with Crippen molar-refractivity contribution in [2.75, 3.05) is 19.3 Å². The van der Waals surface area contributed by atoms with Gasteiger partial charge in [-0.15, -0.1) is 11.8 Å². The minimum atomic E-state index is -2.50. The summed E-state index contributed by atoms with van der Waals surface area (Å²) in [7, 11) is -2.50. The van der Waals surface area contributed by atoms with Gasteiger partial charge in [0.2, 0.25) is 0 Å². The molecule has 2 rings (SSSR count). The molecule has 74 valence electrons. The molecule has 1 heterocycles. The van der Waals surface area contributed by atoms with Crippen LogP contribution in [0.25, 0.3) is 0 Å². The van der Waals surface area contributed by atoms with Gasteiger partial charge in [-0.2, -0.15) is 0 Å². The number of carbonyl (C=O) groups is 1. The summed E-state index contributed by atoms with van der Waals surface area (Å²) >= 11 is 1.56. The Hall–Kier alpha value is -1.16. The van der Waals surface area contributed by atoms with E-state index in [0.29, 0.717) is 12.1 Å². The molecular weight excluding hydrogens is 198 g/mol. The third-order valence-electron chi connectivity index (χ3n) is 1.96.